The van der Waals surface area contributed by atoms with E-state index in [-0.39, 0.29) is 48.0 Å². The molecular formula is C35H58N7O18P3S. The van der Waals surface area contributed by atoms with E-state index < -0.39 is 90.7 Å². The minimum Gasteiger partial charge on any atom is -0.393 e. The summed E-state index contributed by atoms with van der Waals surface area (Å²) in [5.74, 6) is -1.18. The standard InChI is InChI=1S/C35H58N7O18P3S/c1-4-5-6-7-8-9-10-12-23(43)13-11-14-26(45)64-18-17-37-25(44)15-16-38-33(48)30(47)35(2,3)20-57-63(54,55)60-62(52,53)56-19-24-29(59-61(49,50)51)28(46)34(58-24)42-22-41-27-31(36)39-21-40-32(27)42/h5-6,8-9,21-24,28-30,34,43,46-47H,4,7,10-20H2,1-3H3,(H,37,44)(H,38,48)(H,52,53)(H,54,55)(H2,36,39,40)(H2,49,50,51)/b6-5+,9-8+. The second-order valence-electron chi connectivity index (χ2n) is 15.0. The lowest BCUT2D eigenvalue weighted by Gasteiger charge is -2.30. The number of carbonyl (C=O) groups is 3. The molecule has 1 saturated heterocycles. The van der Waals surface area contributed by atoms with E-state index in [2.05, 4.69) is 59.6 Å². The number of nitrogens with two attached hydrogens (primary N) is 1. The monoisotopic (exact) mass is 989 g/mol. The highest BCUT2D eigenvalue weighted by Gasteiger charge is 2.50. The van der Waals surface area contributed by atoms with Gasteiger partial charge < -0.3 is 56.0 Å². The van der Waals surface area contributed by atoms with Gasteiger partial charge in [-0.25, -0.2) is 28.6 Å². The molecule has 64 heavy (non-hydrogen) atoms. The van der Waals surface area contributed by atoms with Gasteiger partial charge >= 0.3 is 23.5 Å². The normalized spacial score (nSPS) is 21.2. The van der Waals surface area contributed by atoms with Gasteiger partial charge in [0, 0.05) is 37.1 Å². The van der Waals surface area contributed by atoms with E-state index in [0.717, 1.165) is 48.2 Å². The number of aliphatic hydroxyl groups is 3. The zero-order valence-corrected chi connectivity index (χ0v) is 38.9. The topological polar surface area (TPSA) is 384 Å². The van der Waals surface area contributed by atoms with Gasteiger partial charge in [0.15, 0.2) is 22.8 Å². The fourth-order valence-corrected chi connectivity index (χ4v) is 9.39. The molecule has 25 nitrogen and oxygen atoms in total. The van der Waals surface area contributed by atoms with Crippen molar-refractivity contribution in [3.8, 4) is 0 Å². The summed E-state index contributed by atoms with van der Waals surface area (Å²) in [5, 5.41) is 36.5. The molecule has 29 heteroatoms. The van der Waals surface area contributed by atoms with Crippen LogP contribution in [0.25, 0.3) is 11.2 Å². The second-order valence-corrected chi connectivity index (χ2v) is 20.4. The number of fused-ring (bicyclic) bond motifs is 1. The largest absolute Gasteiger partial charge is 0.481 e. The Morgan fingerprint density at radius 2 is 1.69 bits per heavy atom. The summed E-state index contributed by atoms with van der Waals surface area (Å²) in [6.45, 7) is 2.49. The van der Waals surface area contributed by atoms with Crippen molar-refractivity contribution in [1.29, 1.82) is 0 Å². The zero-order chi connectivity index (χ0) is 47.7. The number of amides is 2. The number of ether oxygens (including phenoxy) is 1. The third kappa shape index (κ3) is 19.1. The smallest absolute Gasteiger partial charge is 0.393 e. The highest BCUT2D eigenvalue weighted by molar-refractivity contribution is 8.13. The van der Waals surface area contributed by atoms with Crippen LogP contribution >= 0.6 is 35.2 Å². The first-order valence-corrected chi connectivity index (χ1v) is 25.5. The summed E-state index contributed by atoms with van der Waals surface area (Å²) in [6.07, 6.45) is 5.35. The van der Waals surface area contributed by atoms with Gasteiger partial charge in [0.05, 0.1) is 25.6 Å². The maximum Gasteiger partial charge on any atom is 0.481 e. The van der Waals surface area contributed by atoms with Crippen molar-refractivity contribution in [2.24, 2.45) is 5.41 Å². The van der Waals surface area contributed by atoms with E-state index in [4.69, 9.17) is 19.5 Å². The van der Waals surface area contributed by atoms with Crippen molar-refractivity contribution >= 4 is 69.1 Å². The number of imidazole rings is 1. The van der Waals surface area contributed by atoms with Gasteiger partial charge in [-0.3, -0.25) is 32.5 Å². The molecule has 8 unspecified atom stereocenters. The Morgan fingerprint density at radius 3 is 2.39 bits per heavy atom. The second kappa shape index (κ2) is 25.8. The molecule has 0 bridgehead atoms. The molecular weight excluding hydrogens is 931 g/mol. The molecule has 1 aliphatic heterocycles. The van der Waals surface area contributed by atoms with E-state index in [1.807, 2.05) is 6.08 Å². The SMILES string of the molecule is CC/C=C/C/C=C/CCC(O)CCCC(=O)SCCNC(=O)CCNC(=O)C(O)C(C)(C)COP(=O)(O)OP(=O)(O)OCC1OC(n2cnc3c(N)ncnc32)C(O)C1OP(=O)(O)O. The van der Waals surface area contributed by atoms with Crippen LogP contribution in [0.5, 0.6) is 0 Å². The van der Waals surface area contributed by atoms with Gasteiger partial charge in [-0.2, -0.15) is 4.31 Å². The highest BCUT2D eigenvalue weighted by Crippen LogP contribution is 2.61. The fraction of sp³-hybridized carbons (Fsp3) is 0.657. The number of anilines is 1. The summed E-state index contributed by atoms with van der Waals surface area (Å²) in [7, 11) is -16.4. The van der Waals surface area contributed by atoms with Crippen LogP contribution in [0.3, 0.4) is 0 Å². The van der Waals surface area contributed by atoms with Gasteiger partial charge in [0.2, 0.25) is 11.8 Å². The van der Waals surface area contributed by atoms with Gasteiger partial charge in [-0.15, -0.1) is 0 Å². The molecule has 0 radical (unpaired) electrons. The van der Waals surface area contributed by atoms with Crippen molar-refractivity contribution in [3.05, 3.63) is 37.0 Å². The number of nitrogens with zero attached hydrogens (tertiary/aromatic N) is 4. The zero-order valence-electron chi connectivity index (χ0n) is 35.4. The first-order valence-electron chi connectivity index (χ1n) is 20.0. The molecule has 362 valence electrons. The average Bonchev–Trinajstić information content (AvgIpc) is 3.77. The first-order chi connectivity index (χ1) is 29.9. The molecule has 2 aromatic heterocycles. The number of hydrogen-bond donors (Lipinski definition) is 10. The molecule has 0 saturated carbocycles. The van der Waals surface area contributed by atoms with Gasteiger partial charge in [-0.05, 0) is 38.5 Å². The lowest BCUT2D eigenvalue weighted by Crippen LogP contribution is -2.46. The van der Waals surface area contributed by atoms with Crippen LogP contribution in [0.4, 0.5) is 5.82 Å². The maximum absolute atomic E-state index is 12.7. The number of carbonyl (C=O) groups excluding carboxylic acids is 3. The first kappa shape index (κ1) is 55.3. The lowest BCUT2D eigenvalue weighted by molar-refractivity contribution is -0.137. The quantitative estimate of drug-likeness (QED) is 0.0316. The molecule has 3 heterocycles. The number of phosphoric acid groups is 3. The number of aliphatic hydroxyl groups excluding tert-OH is 3. The molecule has 11 N–H and O–H groups in total. The number of phosphoric ester groups is 3. The number of nitrogens with one attached hydrogen (secondary N) is 2. The van der Waals surface area contributed by atoms with E-state index in [9.17, 15) is 63.0 Å². The molecule has 1 fully saturated rings. The number of nitrogen functional groups attached to an aromatic ring is 1. The van der Waals surface area contributed by atoms with Crippen LogP contribution < -0.4 is 16.4 Å². The van der Waals surface area contributed by atoms with Crippen molar-refractivity contribution in [3.63, 3.8) is 0 Å². The summed E-state index contributed by atoms with van der Waals surface area (Å²) in [5.41, 5.74) is 4.25. The van der Waals surface area contributed by atoms with Gasteiger partial charge in [-0.1, -0.05) is 56.8 Å². The van der Waals surface area contributed by atoms with Crippen LogP contribution in [0.2, 0.25) is 0 Å². The summed E-state index contributed by atoms with van der Waals surface area (Å²) in [6, 6.07) is 0. The Balaban J connectivity index is 1.37. The van der Waals surface area contributed by atoms with E-state index in [1.54, 1.807) is 0 Å². The predicted molar refractivity (Wildman–Crippen MR) is 229 cm³/mol. The Morgan fingerprint density at radius 1 is 0.984 bits per heavy atom. The molecule has 2 amide bonds. The van der Waals surface area contributed by atoms with Crippen LogP contribution in [0, 0.1) is 5.41 Å². The van der Waals surface area contributed by atoms with Crippen molar-refractivity contribution in [1.82, 2.24) is 30.2 Å². The highest BCUT2D eigenvalue weighted by atomic mass is 32.2. The third-order valence-electron chi connectivity index (χ3n) is 9.19. The van der Waals surface area contributed by atoms with Crippen molar-refractivity contribution in [2.45, 2.75) is 109 Å². The lowest BCUT2D eigenvalue weighted by atomic mass is 9.87. The van der Waals surface area contributed by atoms with Gasteiger partial charge in [0.25, 0.3) is 0 Å². The van der Waals surface area contributed by atoms with Crippen molar-refractivity contribution < 1.29 is 85.6 Å². The molecule has 8 atom stereocenters. The average molecular weight is 990 g/mol. The number of hydrogen-bond acceptors (Lipinski definition) is 19. The van der Waals surface area contributed by atoms with Gasteiger partial charge in [0.1, 0.15) is 36.3 Å². The molecule has 2 aromatic rings. The van der Waals surface area contributed by atoms with Crippen LogP contribution in [0.1, 0.15) is 78.4 Å². The van der Waals surface area contributed by atoms with E-state index in [0.29, 0.717) is 25.0 Å². The molecule has 0 spiro atoms. The number of allylic oxidation sites excluding steroid dienone is 4. The summed E-state index contributed by atoms with van der Waals surface area (Å²) in [4.78, 5) is 88.1. The summed E-state index contributed by atoms with van der Waals surface area (Å²) >= 11 is 1.05. The van der Waals surface area contributed by atoms with Crippen molar-refractivity contribution in [2.75, 3.05) is 37.8 Å². The Kier molecular flexibility index (Phi) is 22.3. The Bertz CT molecular complexity index is 2060. The molecule has 1 aliphatic rings. The summed E-state index contributed by atoms with van der Waals surface area (Å²) < 4.78 is 62.3. The maximum atomic E-state index is 12.7. The number of rotatable bonds is 29. The molecule has 3 rings (SSSR count). The molecule has 0 aliphatic carbocycles. The minimum absolute atomic E-state index is 0.0267. The molecule has 0 aromatic carbocycles. The van der Waals surface area contributed by atoms with Crippen LogP contribution in [0.15, 0.2) is 37.0 Å². The van der Waals surface area contributed by atoms with E-state index in [1.165, 1.54) is 13.8 Å². The van der Waals surface area contributed by atoms with E-state index >= 15 is 0 Å². The van der Waals surface area contributed by atoms with Crippen LogP contribution in [-0.4, -0.2) is 134 Å². The Hall–Kier alpha value is -3.00. The predicted octanol–water partition coefficient (Wildman–Crippen LogP) is 1.89. The number of aromatic nitrogens is 4. The Labute approximate surface area is 373 Å². The van der Waals surface area contributed by atoms with Crippen LogP contribution in [-0.2, 0) is 50.7 Å². The number of thioether (sulfide) groups is 1. The fourth-order valence-electron chi connectivity index (χ4n) is 5.84. The third-order valence-corrected chi connectivity index (χ3v) is 13.2. The minimum atomic E-state index is -5.58.